The normalized spacial score (nSPS) is 22.4. The summed E-state index contributed by atoms with van der Waals surface area (Å²) in [5.41, 5.74) is 6.34. The molecule has 1 aliphatic rings. The van der Waals surface area contributed by atoms with E-state index in [-0.39, 0.29) is 0 Å². The Kier molecular flexibility index (Phi) is 3.79. The van der Waals surface area contributed by atoms with Crippen LogP contribution in [0.4, 0.5) is 5.69 Å². The zero-order chi connectivity index (χ0) is 11.4. The lowest BCUT2D eigenvalue weighted by Crippen LogP contribution is -2.43. The molecular formula is C11H20N4O. The van der Waals surface area contributed by atoms with Gasteiger partial charge in [0.2, 0.25) is 0 Å². The number of nitrogens with two attached hydrogens (primary N) is 1. The summed E-state index contributed by atoms with van der Waals surface area (Å²) in [6.45, 7) is 6.98. The van der Waals surface area contributed by atoms with Crippen molar-refractivity contribution in [3.8, 4) is 0 Å². The number of morpholine rings is 1. The van der Waals surface area contributed by atoms with Crippen molar-refractivity contribution in [3.05, 3.63) is 12.4 Å². The molecule has 5 heteroatoms. The number of ether oxygens (including phenoxy) is 1. The molecule has 0 amide bonds. The second-order valence-electron chi connectivity index (χ2n) is 4.24. The third kappa shape index (κ3) is 2.96. The molecule has 0 aromatic carbocycles. The fourth-order valence-corrected chi connectivity index (χ4v) is 1.98. The lowest BCUT2D eigenvalue weighted by atomic mass is 10.2. The summed E-state index contributed by atoms with van der Waals surface area (Å²) in [5.74, 6) is 0. The van der Waals surface area contributed by atoms with E-state index in [1.54, 1.807) is 6.20 Å². The molecule has 1 aromatic heterocycles. The third-order valence-corrected chi connectivity index (χ3v) is 2.98. The van der Waals surface area contributed by atoms with Crippen LogP contribution in [0, 0.1) is 0 Å². The predicted octanol–water partition coefficient (Wildman–Crippen LogP) is 0.576. The standard InChI is InChI=1S/C11H20N4O/c1-2-11-9-14(5-6-16-11)3-4-15-8-10(12)7-13-15/h7-8,11H,2-6,9,12H2,1H3. The van der Waals surface area contributed by atoms with E-state index in [1.807, 2.05) is 10.9 Å². The largest absolute Gasteiger partial charge is 0.396 e. The topological polar surface area (TPSA) is 56.3 Å². The van der Waals surface area contributed by atoms with Crippen LogP contribution < -0.4 is 5.73 Å². The SMILES string of the molecule is CCC1CN(CCn2cc(N)cn2)CCO1. The van der Waals surface area contributed by atoms with Gasteiger partial charge in [-0.3, -0.25) is 9.58 Å². The molecule has 16 heavy (non-hydrogen) atoms. The minimum absolute atomic E-state index is 0.399. The van der Waals surface area contributed by atoms with E-state index in [1.165, 1.54) is 0 Å². The third-order valence-electron chi connectivity index (χ3n) is 2.98. The van der Waals surface area contributed by atoms with E-state index in [4.69, 9.17) is 10.5 Å². The van der Waals surface area contributed by atoms with E-state index in [0.29, 0.717) is 6.10 Å². The summed E-state index contributed by atoms with van der Waals surface area (Å²) in [5, 5.41) is 4.17. The Labute approximate surface area is 96.2 Å². The maximum atomic E-state index is 5.63. The molecule has 1 atom stereocenters. The second-order valence-corrected chi connectivity index (χ2v) is 4.24. The Morgan fingerprint density at radius 3 is 3.12 bits per heavy atom. The summed E-state index contributed by atoms with van der Waals surface area (Å²) < 4.78 is 7.52. The fourth-order valence-electron chi connectivity index (χ4n) is 1.98. The van der Waals surface area contributed by atoms with Crippen molar-refractivity contribution in [2.24, 2.45) is 0 Å². The van der Waals surface area contributed by atoms with Gasteiger partial charge in [-0.05, 0) is 6.42 Å². The summed E-state index contributed by atoms with van der Waals surface area (Å²) >= 11 is 0. The summed E-state index contributed by atoms with van der Waals surface area (Å²) in [7, 11) is 0. The molecule has 0 spiro atoms. The maximum Gasteiger partial charge on any atom is 0.0719 e. The molecule has 1 aromatic rings. The Morgan fingerprint density at radius 1 is 1.56 bits per heavy atom. The molecule has 2 rings (SSSR count). The van der Waals surface area contributed by atoms with Gasteiger partial charge in [0.1, 0.15) is 0 Å². The van der Waals surface area contributed by atoms with Gasteiger partial charge in [-0.25, -0.2) is 0 Å². The smallest absolute Gasteiger partial charge is 0.0719 e. The van der Waals surface area contributed by atoms with Crippen molar-refractivity contribution < 1.29 is 4.74 Å². The van der Waals surface area contributed by atoms with Gasteiger partial charge in [0.15, 0.2) is 0 Å². The highest BCUT2D eigenvalue weighted by molar-refractivity contribution is 5.30. The molecule has 1 aliphatic heterocycles. The van der Waals surface area contributed by atoms with Crippen LogP contribution in [-0.2, 0) is 11.3 Å². The van der Waals surface area contributed by atoms with E-state index < -0.39 is 0 Å². The van der Waals surface area contributed by atoms with Gasteiger partial charge < -0.3 is 10.5 Å². The highest BCUT2D eigenvalue weighted by Crippen LogP contribution is 2.08. The second kappa shape index (κ2) is 5.32. The van der Waals surface area contributed by atoms with Crippen molar-refractivity contribution in [3.63, 3.8) is 0 Å². The highest BCUT2D eigenvalue weighted by Gasteiger charge is 2.18. The Balaban J connectivity index is 1.77. The van der Waals surface area contributed by atoms with Crippen LogP contribution >= 0.6 is 0 Å². The van der Waals surface area contributed by atoms with Crippen LogP contribution in [-0.4, -0.2) is 47.0 Å². The molecule has 90 valence electrons. The first-order valence-corrected chi connectivity index (χ1v) is 5.90. The first-order valence-electron chi connectivity index (χ1n) is 5.90. The summed E-state index contributed by atoms with van der Waals surface area (Å²) in [6, 6.07) is 0. The van der Waals surface area contributed by atoms with Gasteiger partial charge in [-0.1, -0.05) is 6.92 Å². The van der Waals surface area contributed by atoms with Crippen molar-refractivity contribution in [2.75, 3.05) is 32.0 Å². The molecule has 1 saturated heterocycles. The monoisotopic (exact) mass is 224 g/mol. The molecule has 0 saturated carbocycles. The molecule has 2 N–H and O–H groups in total. The van der Waals surface area contributed by atoms with E-state index in [0.717, 1.165) is 44.9 Å². The molecule has 2 heterocycles. The summed E-state index contributed by atoms with van der Waals surface area (Å²) in [6.07, 6.45) is 5.05. The van der Waals surface area contributed by atoms with Gasteiger partial charge in [-0.15, -0.1) is 0 Å². The van der Waals surface area contributed by atoms with Crippen LogP contribution in [0.2, 0.25) is 0 Å². The van der Waals surface area contributed by atoms with E-state index in [2.05, 4.69) is 16.9 Å². The van der Waals surface area contributed by atoms with Crippen LogP contribution in [0.3, 0.4) is 0 Å². The number of aromatic nitrogens is 2. The fraction of sp³-hybridized carbons (Fsp3) is 0.727. The average molecular weight is 224 g/mol. The zero-order valence-electron chi connectivity index (χ0n) is 9.80. The molecule has 1 fully saturated rings. The van der Waals surface area contributed by atoms with Crippen LogP contribution in [0.15, 0.2) is 12.4 Å². The number of rotatable bonds is 4. The van der Waals surface area contributed by atoms with Gasteiger partial charge in [0, 0.05) is 25.8 Å². The Hall–Kier alpha value is -1.07. The van der Waals surface area contributed by atoms with Crippen LogP contribution in [0.5, 0.6) is 0 Å². The number of anilines is 1. The first kappa shape index (κ1) is 11.4. The lowest BCUT2D eigenvalue weighted by Gasteiger charge is -2.32. The van der Waals surface area contributed by atoms with Crippen molar-refractivity contribution in [2.45, 2.75) is 26.0 Å². The molecule has 0 bridgehead atoms. The Bertz CT molecular complexity index is 326. The molecule has 0 aliphatic carbocycles. The molecule has 0 radical (unpaired) electrons. The van der Waals surface area contributed by atoms with Crippen LogP contribution in [0.25, 0.3) is 0 Å². The minimum atomic E-state index is 0.399. The number of nitrogen functional groups attached to an aromatic ring is 1. The number of hydrogen-bond donors (Lipinski definition) is 1. The van der Waals surface area contributed by atoms with Gasteiger partial charge >= 0.3 is 0 Å². The first-order chi connectivity index (χ1) is 7.78. The number of hydrogen-bond acceptors (Lipinski definition) is 4. The van der Waals surface area contributed by atoms with Gasteiger partial charge in [0.25, 0.3) is 0 Å². The maximum absolute atomic E-state index is 5.63. The van der Waals surface area contributed by atoms with Gasteiger partial charge in [0.05, 0.1) is 31.1 Å². The van der Waals surface area contributed by atoms with Gasteiger partial charge in [-0.2, -0.15) is 5.10 Å². The molecule has 1 unspecified atom stereocenters. The summed E-state index contributed by atoms with van der Waals surface area (Å²) in [4.78, 5) is 2.43. The van der Waals surface area contributed by atoms with Crippen LogP contribution in [0.1, 0.15) is 13.3 Å². The predicted molar refractivity (Wildman–Crippen MR) is 63.1 cm³/mol. The minimum Gasteiger partial charge on any atom is -0.396 e. The van der Waals surface area contributed by atoms with Crippen molar-refractivity contribution in [1.29, 1.82) is 0 Å². The Morgan fingerprint density at radius 2 is 2.44 bits per heavy atom. The molecular weight excluding hydrogens is 204 g/mol. The van der Waals surface area contributed by atoms with Crippen molar-refractivity contribution >= 4 is 5.69 Å². The zero-order valence-corrected chi connectivity index (χ0v) is 9.80. The quantitative estimate of drug-likeness (QED) is 0.812. The molecule has 5 nitrogen and oxygen atoms in total. The van der Waals surface area contributed by atoms with E-state index in [9.17, 15) is 0 Å². The van der Waals surface area contributed by atoms with Crippen molar-refractivity contribution in [1.82, 2.24) is 14.7 Å². The highest BCUT2D eigenvalue weighted by atomic mass is 16.5. The average Bonchev–Trinajstić information content (AvgIpc) is 2.73. The number of nitrogens with zero attached hydrogens (tertiary/aromatic N) is 3. The lowest BCUT2D eigenvalue weighted by molar-refractivity contribution is -0.0306. The van der Waals surface area contributed by atoms with E-state index >= 15 is 0 Å².